The van der Waals surface area contributed by atoms with Crippen molar-refractivity contribution in [2.24, 2.45) is 11.8 Å². The first-order valence-corrected chi connectivity index (χ1v) is 10.3. The SMILES string of the molecule is CC(C)C(OC(=O)NCCCC(=O)Oc1ccc(Cl)cc1)OC(=O)C1CCCC1.[H-].[Na+]. The Kier molecular flexibility index (Phi) is 12.4. The molecule has 1 N–H and O–H groups in total. The predicted octanol–water partition coefficient (Wildman–Crippen LogP) is 1.58. The summed E-state index contributed by atoms with van der Waals surface area (Å²) in [4.78, 5) is 35.9. The van der Waals surface area contributed by atoms with Crippen LogP contribution in [-0.2, 0) is 19.1 Å². The predicted molar refractivity (Wildman–Crippen MR) is 109 cm³/mol. The average molecular weight is 450 g/mol. The van der Waals surface area contributed by atoms with E-state index in [1.165, 1.54) is 0 Å². The summed E-state index contributed by atoms with van der Waals surface area (Å²) in [5.74, 6) is -0.572. The number of alkyl carbamates (subject to hydrolysis) is 1. The van der Waals surface area contributed by atoms with E-state index in [0.717, 1.165) is 25.7 Å². The van der Waals surface area contributed by atoms with Crippen molar-refractivity contribution >= 4 is 29.6 Å². The van der Waals surface area contributed by atoms with Crippen LogP contribution in [0.5, 0.6) is 5.75 Å². The summed E-state index contributed by atoms with van der Waals surface area (Å²) in [7, 11) is 0. The number of ether oxygens (including phenoxy) is 3. The number of carbonyl (C=O) groups is 3. The van der Waals surface area contributed by atoms with Crippen LogP contribution >= 0.6 is 11.6 Å². The van der Waals surface area contributed by atoms with E-state index >= 15 is 0 Å². The monoisotopic (exact) mass is 449 g/mol. The molecule has 1 aliphatic rings. The van der Waals surface area contributed by atoms with Crippen molar-refractivity contribution in [1.29, 1.82) is 0 Å². The molecule has 1 saturated carbocycles. The number of hydrogen-bond acceptors (Lipinski definition) is 6. The van der Waals surface area contributed by atoms with Gasteiger partial charge < -0.3 is 21.0 Å². The fourth-order valence-corrected chi connectivity index (χ4v) is 3.05. The first-order chi connectivity index (χ1) is 13.8. The van der Waals surface area contributed by atoms with Gasteiger partial charge in [-0.05, 0) is 43.5 Å². The third-order valence-corrected chi connectivity index (χ3v) is 4.81. The second kappa shape index (κ2) is 13.9. The molecule has 1 aliphatic carbocycles. The van der Waals surface area contributed by atoms with E-state index in [0.29, 0.717) is 17.2 Å². The summed E-state index contributed by atoms with van der Waals surface area (Å²) < 4.78 is 15.8. The van der Waals surface area contributed by atoms with Crippen molar-refractivity contribution in [3.8, 4) is 5.75 Å². The fourth-order valence-electron chi connectivity index (χ4n) is 2.92. The number of carbonyl (C=O) groups excluding carboxylic acids is 3. The van der Waals surface area contributed by atoms with E-state index in [9.17, 15) is 14.4 Å². The zero-order valence-corrected chi connectivity index (χ0v) is 20.6. The molecule has 162 valence electrons. The Balaban J connectivity index is 0.00000450. The van der Waals surface area contributed by atoms with Gasteiger partial charge in [-0.3, -0.25) is 9.59 Å². The van der Waals surface area contributed by atoms with Gasteiger partial charge in [-0.2, -0.15) is 0 Å². The van der Waals surface area contributed by atoms with Gasteiger partial charge in [0.25, 0.3) is 6.29 Å². The Labute approximate surface area is 205 Å². The number of rotatable bonds is 9. The zero-order chi connectivity index (χ0) is 21.2. The van der Waals surface area contributed by atoms with Gasteiger partial charge in [-0.25, -0.2) is 4.79 Å². The molecule has 1 amide bonds. The van der Waals surface area contributed by atoms with Crippen LogP contribution in [0.2, 0.25) is 5.02 Å². The smallest absolute Gasteiger partial charge is 1.00 e. The molecular weight excluding hydrogens is 421 g/mol. The molecule has 0 saturated heterocycles. The summed E-state index contributed by atoms with van der Waals surface area (Å²) in [6.45, 7) is 3.86. The normalized spacial score (nSPS) is 14.5. The van der Waals surface area contributed by atoms with Gasteiger partial charge in [0.1, 0.15) is 5.75 Å². The van der Waals surface area contributed by atoms with Crippen molar-refractivity contribution in [3.63, 3.8) is 0 Å². The van der Waals surface area contributed by atoms with Crippen molar-refractivity contribution in [2.75, 3.05) is 6.54 Å². The number of halogens is 1. The molecule has 1 unspecified atom stereocenters. The number of hydrogen-bond donors (Lipinski definition) is 1. The van der Waals surface area contributed by atoms with E-state index in [4.69, 9.17) is 25.8 Å². The number of esters is 2. The first-order valence-electron chi connectivity index (χ1n) is 9.96. The van der Waals surface area contributed by atoms with Crippen LogP contribution in [0.4, 0.5) is 4.79 Å². The molecular formula is C21H29ClNNaO6. The van der Waals surface area contributed by atoms with Crippen LogP contribution in [0.3, 0.4) is 0 Å². The van der Waals surface area contributed by atoms with Gasteiger partial charge in [0, 0.05) is 23.9 Å². The molecule has 1 aromatic rings. The minimum atomic E-state index is -0.932. The van der Waals surface area contributed by atoms with Gasteiger partial charge in [-0.15, -0.1) is 0 Å². The topological polar surface area (TPSA) is 90.9 Å². The maximum absolute atomic E-state index is 12.2. The quantitative estimate of drug-likeness (QED) is 0.202. The van der Waals surface area contributed by atoms with Gasteiger partial charge in [0.2, 0.25) is 0 Å². The molecule has 1 fully saturated rings. The molecule has 30 heavy (non-hydrogen) atoms. The Bertz CT molecular complexity index is 698. The summed E-state index contributed by atoms with van der Waals surface area (Å²) >= 11 is 5.78. The second-order valence-electron chi connectivity index (χ2n) is 7.39. The molecule has 0 radical (unpaired) electrons. The van der Waals surface area contributed by atoms with Gasteiger partial charge in [-0.1, -0.05) is 38.3 Å². The molecule has 0 aromatic heterocycles. The van der Waals surface area contributed by atoms with E-state index in [1.807, 2.05) is 13.8 Å². The maximum Gasteiger partial charge on any atom is 1.00 e. The molecule has 0 aliphatic heterocycles. The van der Waals surface area contributed by atoms with Crippen LogP contribution in [0, 0.1) is 11.8 Å². The molecule has 9 heteroatoms. The number of nitrogens with one attached hydrogen (secondary N) is 1. The first kappa shape index (κ1) is 26.8. The van der Waals surface area contributed by atoms with Gasteiger partial charge >= 0.3 is 47.6 Å². The molecule has 0 spiro atoms. The summed E-state index contributed by atoms with van der Waals surface area (Å²) in [6.07, 6.45) is 2.58. The van der Waals surface area contributed by atoms with Crippen molar-refractivity contribution in [1.82, 2.24) is 5.32 Å². The zero-order valence-electron chi connectivity index (χ0n) is 18.8. The molecule has 2 rings (SSSR count). The maximum atomic E-state index is 12.2. The largest absolute Gasteiger partial charge is 1.00 e. The molecule has 1 aromatic carbocycles. The summed E-state index contributed by atoms with van der Waals surface area (Å²) in [5, 5.41) is 3.12. The second-order valence-corrected chi connectivity index (χ2v) is 7.83. The Morgan fingerprint density at radius 3 is 2.37 bits per heavy atom. The van der Waals surface area contributed by atoms with E-state index in [2.05, 4.69) is 5.32 Å². The van der Waals surface area contributed by atoms with Crippen molar-refractivity contribution in [2.45, 2.75) is 58.7 Å². The van der Waals surface area contributed by atoms with Crippen LogP contribution in [0.1, 0.15) is 53.8 Å². The minimum Gasteiger partial charge on any atom is -1.00 e. The van der Waals surface area contributed by atoms with E-state index < -0.39 is 18.4 Å². The third kappa shape index (κ3) is 9.69. The number of amides is 1. The summed E-state index contributed by atoms with van der Waals surface area (Å²) in [5.41, 5.74) is 0. The fraction of sp³-hybridized carbons (Fsp3) is 0.571. The number of benzene rings is 1. The molecule has 1 atom stereocenters. The standard InChI is InChI=1S/C21H28ClNO6.Na.H/c1-14(2)20(28-19(25)15-6-3-4-7-15)29-21(26)23-13-5-8-18(24)27-17-11-9-16(22)10-12-17;;/h9-12,14-15,20H,3-8,13H2,1-2H3,(H,23,26);;/q;+1;-1. The molecule has 0 bridgehead atoms. The summed E-state index contributed by atoms with van der Waals surface area (Å²) in [6, 6.07) is 6.47. The Hall–Kier alpha value is -1.28. The van der Waals surface area contributed by atoms with Crippen LogP contribution in [-0.4, -0.2) is 30.9 Å². The van der Waals surface area contributed by atoms with Gasteiger partial charge in [0.15, 0.2) is 0 Å². The minimum absolute atomic E-state index is 0. The van der Waals surface area contributed by atoms with Crippen LogP contribution < -0.4 is 39.6 Å². The van der Waals surface area contributed by atoms with Crippen molar-refractivity contribution in [3.05, 3.63) is 29.3 Å². The Morgan fingerprint density at radius 2 is 1.77 bits per heavy atom. The average Bonchev–Trinajstić information content (AvgIpc) is 3.21. The van der Waals surface area contributed by atoms with Crippen LogP contribution in [0.25, 0.3) is 0 Å². The van der Waals surface area contributed by atoms with Gasteiger partial charge in [0.05, 0.1) is 5.92 Å². The van der Waals surface area contributed by atoms with E-state index in [1.54, 1.807) is 24.3 Å². The molecule has 7 nitrogen and oxygen atoms in total. The van der Waals surface area contributed by atoms with E-state index in [-0.39, 0.29) is 61.8 Å². The molecule has 0 heterocycles. The Morgan fingerprint density at radius 1 is 1.13 bits per heavy atom. The van der Waals surface area contributed by atoms with Crippen LogP contribution in [0.15, 0.2) is 24.3 Å². The third-order valence-electron chi connectivity index (χ3n) is 4.56. The van der Waals surface area contributed by atoms with Crippen molar-refractivity contribution < 1.29 is 59.6 Å².